The zero-order chi connectivity index (χ0) is 14.4. The Morgan fingerprint density at radius 3 is 2.37 bits per heavy atom. The van der Waals surface area contributed by atoms with Crippen LogP contribution >= 0.6 is 0 Å². The lowest BCUT2D eigenvalue weighted by atomic mass is 10.1. The average Bonchev–Trinajstić information content (AvgIpc) is 2.37. The molecule has 0 aliphatic rings. The van der Waals surface area contributed by atoms with Gasteiger partial charge < -0.3 is 21.5 Å². The molecular formula is C13H19N3O3. The SMILES string of the molecule is COc1ccc([C@H](C)NC(=O)C(N)CC(N)=O)cc1. The Balaban J connectivity index is 2.60. The number of benzene rings is 1. The zero-order valence-corrected chi connectivity index (χ0v) is 11.1. The van der Waals surface area contributed by atoms with E-state index in [1.807, 2.05) is 19.1 Å². The molecule has 2 amide bonds. The van der Waals surface area contributed by atoms with Crippen LogP contribution in [0.3, 0.4) is 0 Å². The molecule has 6 heteroatoms. The predicted octanol–water partition coefficient (Wildman–Crippen LogP) is 0.0751. The van der Waals surface area contributed by atoms with Crippen LogP contribution in [0.15, 0.2) is 24.3 Å². The van der Waals surface area contributed by atoms with Gasteiger partial charge in [0.15, 0.2) is 0 Å². The number of methoxy groups -OCH3 is 1. The fraction of sp³-hybridized carbons (Fsp3) is 0.385. The highest BCUT2D eigenvalue weighted by Crippen LogP contribution is 2.17. The first-order valence-corrected chi connectivity index (χ1v) is 5.92. The van der Waals surface area contributed by atoms with Crippen LogP contribution < -0.4 is 21.5 Å². The number of nitrogens with one attached hydrogen (secondary N) is 1. The average molecular weight is 265 g/mol. The van der Waals surface area contributed by atoms with E-state index in [2.05, 4.69) is 5.32 Å². The molecule has 0 aliphatic heterocycles. The number of primary amides is 1. The quantitative estimate of drug-likeness (QED) is 0.676. The summed E-state index contributed by atoms with van der Waals surface area (Å²) in [6.07, 6.45) is -0.166. The number of carbonyl (C=O) groups excluding carboxylic acids is 2. The van der Waals surface area contributed by atoms with E-state index in [1.165, 1.54) is 0 Å². The van der Waals surface area contributed by atoms with E-state index in [0.717, 1.165) is 11.3 Å². The van der Waals surface area contributed by atoms with Crippen molar-refractivity contribution in [1.82, 2.24) is 5.32 Å². The monoisotopic (exact) mass is 265 g/mol. The molecular weight excluding hydrogens is 246 g/mol. The van der Waals surface area contributed by atoms with Crippen LogP contribution in [0.25, 0.3) is 0 Å². The van der Waals surface area contributed by atoms with Gasteiger partial charge in [-0.05, 0) is 24.6 Å². The van der Waals surface area contributed by atoms with Gasteiger partial charge in [-0.25, -0.2) is 0 Å². The van der Waals surface area contributed by atoms with Crippen molar-refractivity contribution in [2.75, 3.05) is 7.11 Å². The molecule has 1 aromatic rings. The standard InChI is InChI=1S/C13H19N3O3/c1-8(9-3-5-10(19-2)6-4-9)16-13(18)11(14)7-12(15)17/h3-6,8,11H,7,14H2,1-2H3,(H2,15,17)(H,16,18)/t8-,11?/m0/s1. The first-order valence-electron chi connectivity index (χ1n) is 5.92. The smallest absolute Gasteiger partial charge is 0.237 e. The van der Waals surface area contributed by atoms with Crippen LogP contribution in [-0.2, 0) is 9.59 Å². The molecule has 0 spiro atoms. The van der Waals surface area contributed by atoms with Crippen LogP contribution in [0, 0.1) is 0 Å². The summed E-state index contributed by atoms with van der Waals surface area (Å²) in [5, 5.41) is 2.73. The Hall–Kier alpha value is -2.08. The van der Waals surface area contributed by atoms with Crippen molar-refractivity contribution in [3.63, 3.8) is 0 Å². The van der Waals surface area contributed by atoms with Gasteiger partial charge in [-0.1, -0.05) is 12.1 Å². The third-order valence-corrected chi connectivity index (χ3v) is 2.73. The lowest BCUT2D eigenvalue weighted by molar-refractivity contribution is -0.126. The summed E-state index contributed by atoms with van der Waals surface area (Å²) in [4.78, 5) is 22.4. The lowest BCUT2D eigenvalue weighted by Gasteiger charge is -2.17. The number of hydrogen-bond donors (Lipinski definition) is 3. The molecule has 104 valence electrons. The molecule has 0 bridgehead atoms. The maximum Gasteiger partial charge on any atom is 0.237 e. The number of carbonyl (C=O) groups is 2. The Labute approximate surface area is 112 Å². The van der Waals surface area contributed by atoms with E-state index < -0.39 is 17.9 Å². The molecule has 5 N–H and O–H groups in total. The maximum absolute atomic E-state index is 11.7. The topological polar surface area (TPSA) is 107 Å². The first-order chi connectivity index (χ1) is 8.93. The van der Waals surface area contributed by atoms with E-state index >= 15 is 0 Å². The fourth-order valence-electron chi connectivity index (χ4n) is 1.61. The summed E-state index contributed by atoms with van der Waals surface area (Å²) in [6.45, 7) is 1.83. The molecule has 6 nitrogen and oxygen atoms in total. The second-order valence-corrected chi connectivity index (χ2v) is 4.28. The van der Waals surface area contributed by atoms with E-state index in [-0.39, 0.29) is 12.5 Å². The van der Waals surface area contributed by atoms with Gasteiger partial charge in [-0.15, -0.1) is 0 Å². The van der Waals surface area contributed by atoms with Gasteiger partial charge in [-0.2, -0.15) is 0 Å². The van der Waals surface area contributed by atoms with Crippen LogP contribution in [0.1, 0.15) is 24.9 Å². The van der Waals surface area contributed by atoms with E-state index in [0.29, 0.717) is 0 Å². The second kappa shape index (κ2) is 6.75. The lowest BCUT2D eigenvalue weighted by Crippen LogP contribution is -2.43. The predicted molar refractivity (Wildman–Crippen MR) is 71.3 cm³/mol. The zero-order valence-electron chi connectivity index (χ0n) is 11.1. The van der Waals surface area contributed by atoms with Gasteiger partial charge in [0.05, 0.1) is 25.6 Å². The molecule has 1 rings (SSSR count). The van der Waals surface area contributed by atoms with Crippen LogP contribution in [-0.4, -0.2) is 25.0 Å². The molecule has 19 heavy (non-hydrogen) atoms. The van der Waals surface area contributed by atoms with E-state index in [1.54, 1.807) is 19.2 Å². The minimum Gasteiger partial charge on any atom is -0.497 e. The minimum atomic E-state index is -0.918. The summed E-state index contributed by atoms with van der Waals surface area (Å²) >= 11 is 0. The summed E-state index contributed by atoms with van der Waals surface area (Å²) in [7, 11) is 1.59. The molecule has 0 aromatic heterocycles. The van der Waals surface area contributed by atoms with Gasteiger partial charge >= 0.3 is 0 Å². The third-order valence-electron chi connectivity index (χ3n) is 2.73. The Morgan fingerprint density at radius 1 is 1.32 bits per heavy atom. The van der Waals surface area contributed by atoms with Crippen LogP contribution in [0.5, 0.6) is 5.75 Å². The molecule has 0 heterocycles. The normalized spacial score (nSPS) is 13.4. The van der Waals surface area contributed by atoms with Gasteiger partial charge in [0, 0.05) is 0 Å². The highest BCUT2D eigenvalue weighted by molar-refractivity contribution is 5.87. The van der Waals surface area contributed by atoms with Crippen molar-refractivity contribution in [2.24, 2.45) is 11.5 Å². The van der Waals surface area contributed by atoms with Gasteiger partial charge in [0.2, 0.25) is 11.8 Å². The second-order valence-electron chi connectivity index (χ2n) is 4.28. The first kappa shape index (κ1) is 15.0. The Kier molecular flexibility index (Phi) is 5.32. The number of amides is 2. The van der Waals surface area contributed by atoms with Gasteiger partial charge in [0.1, 0.15) is 5.75 Å². The number of hydrogen-bond acceptors (Lipinski definition) is 4. The van der Waals surface area contributed by atoms with Crippen molar-refractivity contribution >= 4 is 11.8 Å². The molecule has 0 fully saturated rings. The molecule has 1 unspecified atom stereocenters. The summed E-state index contributed by atoms with van der Waals surface area (Å²) in [5.74, 6) is -0.255. The largest absolute Gasteiger partial charge is 0.497 e. The van der Waals surface area contributed by atoms with Crippen LogP contribution in [0.2, 0.25) is 0 Å². The van der Waals surface area contributed by atoms with Crippen molar-refractivity contribution < 1.29 is 14.3 Å². The molecule has 1 aromatic carbocycles. The highest BCUT2D eigenvalue weighted by Gasteiger charge is 2.18. The number of ether oxygens (including phenoxy) is 1. The summed E-state index contributed by atoms with van der Waals surface area (Å²) in [5.41, 5.74) is 11.5. The molecule has 0 aliphatic carbocycles. The Bertz CT molecular complexity index is 445. The van der Waals surface area contributed by atoms with Gasteiger partial charge in [-0.3, -0.25) is 9.59 Å². The van der Waals surface area contributed by atoms with E-state index in [9.17, 15) is 9.59 Å². The summed E-state index contributed by atoms with van der Waals surface area (Å²) < 4.78 is 5.05. The number of nitrogens with two attached hydrogens (primary N) is 2. The Morgan fingerprint density at radius 2 is 1.89 bits per heavy atom. The third kappa shape index (κ3) is 4.59. The molecule has 2 atom stereocenters. The van der Waals surface area contributed by atoms with Crippen molar-refractivity contribution in [2.45, 2.75) is 25.4 Å². The fourth-order valence-corrected chi connectivity index (χ4v) is 1.61. The van der Waals surface area contributed by atoms with Crippen molar-refractivity contribution in [1.29, 1.82) is 0 Å². The summed E-state index contributed by atoms with van der Waals surface area (Å²) in [6, 6.07) is 6.19. The molecule has 0 saturated carbocycles. The molecule has 0 radical (unpaired) electrons. The van der Waals surface area contributed by atoms with Crippen molar-refractivity contribution in [3.05, 3.63) is 29.8 Å². The maximum atomic E-state index is 11.7. The number of rotatable bonds is 6. The van der Waals surface area contributed by atoms with E-state index in [4.69, 9.17) is 16.2 Å². The van der Waals surface area contributed by atoms with Crippen molar-refractivity contribution in [3.8, 4) is 5.75 Å². The molecule has 0 saturated heterocycles. The van der Waals surface area contributed by atoms with Crippen LogP contribution in [0.4, 0.5) is 0 Å². The highest BCUT2D eigenvalue weighted by atomic mass is 16.5. The van der Waals surface area contributed by atoms with Gasteiger partial charge in [0.25, 0.3) is 0 Å². The minimum absolute atomic E-state index is 0.166.